The molecule has 0 saturated heterocycles. The summed E-state index contributed by atoms with van der Waals surface area (Å²) in [6.45, 7) is 0. The number of nitrogen functional groups attached to an aromatic ring is 1. The smallest absolute Gasteiger partial charge is 0.204 e. The van der Waals surface area contributed by atoms with Crippen molar-refractivity contribution in [2.45, 2.75) is 0 Å². The van der Waals surface area contributed by atoms with E-state index in [2.05, 4.69) is 4.98 Å². The van der Waals surface area contributed by atoms with Crippen LogP contribution in [0.25, 0.3) is 5.69 Å². The number of nitrogens with two attached hydrogens (primary N) is 1. The molecule has 0 aliphatic heterocycles. The van der Waals surface area contributed by atoms with Gasteiger partial charge in [0.1, 0.15) is 11.6 Å². The van der Waals surface area contributed by atoms with E-state index in [1.807, 2.05) is 0 Å². The number of aromatic nitrogens is 2. The zero-order valence-electron chi connectivity index (χ0n) is 8.14. The molecule has 1 aromatic carbocycles. The highest BCUT2D eigenvalue weighted by atomic mass is 19.1. The van der Waals surface area contributed by atoms with Gasteiger partial charge in [-0.3, -0.25) is 4.57 Å². The van der Waals surface area contributed by atoms with Gasteiger partial charge in [0.05, 0.1) is 12.8 Å². The van der Waals surface area contributed by atoms with Gasteiger partial charge in [0.25, 0.3) is 0 Å². The Labute approximate surface area is 86.1 Å². The van der Waals surface area contributed by atoms with Crippen LogP contribution in [0.1, 0.15) is 0 Å². The number of halogens is 1. The predicted molar refractivity (Wildman–Crippen MR) is 54.5 cm³/mol. The Morgan fingerprint density at radius 3 is 2.87 bits per heavy atom. The topological polar surface area (TPSA) is 53.1 Å². The van der Waals surface area contributed by atoms with E-state index in [-0.39, 0.29) is 5.82 Å². The minimum absolute atomic E-state index is 0.333. The quantitative estimate of drug-likeness (QED) is 0.813. The van der Waals surface area contributed by atoms with Gasteiger partial charge in [-0.15, -0.1) is 0 Å². The van der Waals surface area contributed by atoms with E-state index in [1.165, 1.54) is 19.2 Å². The number of benzene rings is 1. The largest absolute Gasteiger partial charge is 0.494 e. The second kappa shape index (κ2) is 3.61. The molecule has 2 rings (SSSR count). The van der Waals surface area contributed by atoms with Crippen molar-refractivity contribution in [3.63, 3.8) is 0 Å². The van der Waals surface area contributed by atoms with Crippen LogP contribution in [-0.4, -0.2) is 16.7 Å². The standard InChI is InChI=1S/C10H10FN3O/c1-15-9-6-7(11)2-3-8(9)14-5-4-13-10(14)12/h2-6H,1H3,(H2,12,13). The summed E-state index contributed by atoms with van der Waals surface area (Å²) < 4.78 is 19.6. The maximum Gasteiger partial charge on any atom is 0.204 e. The van der Waals surface area contributed by atoms with Crippen LogP contribution in [0.5, 0.6) is 5.75 Å². The highest BCUT2D eigenvalue weighted by molar-refractivity contribution is 5.50. The summed E-state index contributed by atoms with van der Waals surface area (Å²) in [5.41, 5.74) is 6.30. The van der Waals surface area contributed by atoms with E-state index in [4.69, 9.17) is 10.5 Å². The van der Waals surface area contributed by atoms with Gasteiger partial charge in [-0.2, -0.15) is 0 Å². The van der Waals surface area contributed by atoms with Crippen LogP contribution in [0.4, 0.5) is 10.3 Å². The van der Waals surface area contributed by atoms with Crippen LogP contribution in [0, 0.1) is 5.82 Å². The summed E-state index contributed by atoms with van der Waals surface area (Å²) in [6.07, 6.45) is 3.25. The lowest BCUT2D eigenvalue weighted by Crippen LogP contribution is -2.02. The molecule has 0 aliphatic carbocycles. The highest BCUT2D eigenvalue weighted by Crippen LogP contribution is 2.25. The van der Waals surface area contributed by atoms with E-state index in [0.717, 1.165) is 0 Å². The number of nitrogens with zero attached hydrogens (tertiary/aromatic N) is 2. The molecule has 0 bridgehead atoms. The normalized spacial score (nSPS) is 10.3. The van der Waals surface area contributed by atoms with Crippen LogP contribution in [0.2, 0.25) is 0 Å². The summed E-state index contributed by atoms with van der Waals surface area (Å²) >= 11 is 0. The number of imidazole rings is 1. The third-order valence-electron chi connectivity index (χ3n) is 2.07. The molecule has 0 fully saturated rings. The molecule has 0 spiro atoms. The van der Waals surface area contributed by atoms with Gasteiger partial charge in [0, 0.05) is 18.5 Å². The minimum atomic E-state index is -0.353. The first-order chi connectivity index (χ1) is 7.22. The monoisotopic (exact) mass is 207 g/mol. The van der Waals surface area contributed by atoms with Crippen LogP contribution < -0.4 is 10.5 Å². The first-order valence-electron chi connectivity index (χ1n) is 4.35. The molecule has 5 heteroatoms. The Morgan fingerprint density at radius 1 is 1.47 bits per heavy atom. The molecule has 0 radical (unpaired) electrons. The zero-order chi connectivity index (χ0) is 10.8. The average Bonchev–Trinajstić information content (AvgIpc) is 2.64. The minimum Gasteiger partial charge on any atom is -0.494 e. The second-order valence-electron chi connectivity index (χ2n) is 2.97. The lowest BCUT2D eigenvalue weighted by molar-refractivity contribution is 0.409. The van der Waals surface area contributed by atoms with Crippen molar-refractivity contribution in [1.82, 2.24) is 9.55 Å². The first-order valence-corrected chi connectivity index (χ1v) is 4.35. The van der Waals surface area contributed by atoms with Crippen LogP contribution in [-0.2, 0) is 0 Å². The van der Waals surface area contributed by atoms with Gasteiger partial charge in [0.2, 0.25) is 5.95 Å². The fourth-order valence-electron chi connectivity index (χ4n) is 1.37. The van der Waals surface area contributed by atoms with Gasteiger partial charge in [-0.25, -0.2) is 9.37 Å². The lowest BCUT2D eigenvalue weighted by atomic mass is 10.3. The molecule has 0 atom stereocenters. The van der Waals surface area contributed by atoms with E-state index < -0.39 is 0 Å². The molecular weight excluding hydrogens is 197 g/mol. The summed E-state index contributed by atoms with van der Waals surface area (Å²) in [6, 6.07) is 4.23. The van der Waals surface area contributed by atoms with Crippen molar-refractivity contribution in [3.05, 3.63) is 36.4 Å². The van der Waals surface area contributed by atoms with E-state index in [0.29, 0.717) is 17.4 Å². The second-order valence-corrected chi connectivity index (χ2v) is 2.97. The molecule has 78 valence electrons. The maximum atomic E-state index is 12.9. The molecule has 0 saturated carbocycles. The van der Waals surface area contributed by atoms with Crippen molar-refractivity contribution in [3.8, 4) is 11.4 Å². The molecule has 1 heterocycles. The summed E-state index contributed by atoms with van der Waals surface area (Å²) in [5.74, 6) is 0.397. The fourth-order valence-corrected chi connectivity index (χ4v) is 1.37. The molecule has 15 heavy (non-hydrogen) atoms. The highest BCUT2D eigenvalue weighted by Gasteiger charge is 2.08. The van der Waals surface area contributed by atoms with Gasteiger partial charge in [-0.1, -0.05) is 0 Å². The molecule has 2 N–H and O–H groups in total. The molecule has 0 unspecified atom stereocenters. The third-order valence-corrected chi connectivity index (χ3v) is 2.07. The lowest BCUT2D eigenvalue weighted by Gasteiger charge is -2.09. The average molecular weight is 207 g/mol. The zero-order valence-corrected chi connectivity index (χ0v) is 8.14. The summed E-state index contributed by atoms with van der Waals surface area (Å²) in [7, 11) is 1.48. The van der Waals surface area contributed by atoms with Crippen molar-refractivity contribution in [2.75, 3.05) is 12.8 Å². The van der Waals surface area contributed by atoms with Gasteiger partial charge < -0.3 is 10.5 Å². The number of hydrogen-bond donors (Lipinski definition) is 1. The van der Waals surface area contributed by atoms with E-state index in [9.17, 15) is 4.39 Å². The SMILES string of the molecule is COc1cc(F)ccc1-n1ccnc1N. The Bertz CT molecular complexity index is 481. The predicted octanol–water partition coefficient (Wildman–Crippen LogP) is 1.60. The van der Waals surface area contributed by atoms with Crippen LogP contribution in [0.15, 0.2) is 30.6 Å². The Balaban J connectivity index is 2.58. The van der Waals surface area contributed by atoms with Crippen molar-refractivity contribution in [1.29, 1.82) is 0 Å². The van der Waals surface area contributed by atoms with Crippen LogP contribution in [0.3, 0.4) is 0 Å². The van der Waals surface area contributed by atoms with Gasteiger partial charge in [0.15, 0.2) is 0 Å². The Morgan fingerprint density at radius 2 is 2.27 bits per heavy atom. The van der Waals surface area contributed by atoms with Crippen LogP contribution >= 0.6 is 0 Å². The molecule has 1 aromatic heterocycles. The number of ether oxygens (including phenoxy) is 1. The number of hydrogen-bond acceptors (Lipinski definition) is 3. The van der Waals surface area contributed by atoms with Crippen molar-refractivity contribution in [2.24, 2.45) is 0 Å². The fraction of sp³-hybridized carbons (Fsp3) is 0.100. The van der Waals surface area contributed by atoms with Crippen molar-refractivity contribution < 1.29 is 9.13 Å². The number of anilines is 1. The Kier molecular flexibility index (Phi) is 2.29. The number of rotatable bonds is 2. The summed E-state index contributed by atoms with van der Waals surface area (Å²) in [4.78, 5) is 3.88. The molecule has 0 aliphatic rings. The molecule has 4 nitrogen and oxygen atoms in total. The number of methoxy groups -OCH3 is 1. The Hall–Kier alpha value is -2.04. The first kappa shape index (κ1) is 9.51. The van der Waals surface area contributed by atoms with Gasteiger partial charge in [-0.05, 0) is 12.1 Å². The molecule has 2 aromatic rings. The maximum absolute atomic E-state index is 12.9. The van der Waals surface area contributed by atoms with E-state index >= 15 is 0 Å². The summed E-state index contributed by atoms with van der Waals surface area (Å²) in [5, 5.41) is 0. The van der Waals surface area contributed by atoms with Crippen molar-refractivity contribution >= 4 is 5.95 Å². The molecule has 0 amide bonds. The third kappa shape index (κ3) is 1.63. The van der Waals surface area contributed by atoms with E-state index in [1.54, 1.807) is 23.0 Å². The molecular formula is C10H10FN3O. The van der Waals surface area contributed by atoms with Gasteiger partial charge >= 0.3 is 0 Å².